The largest absolute Gasteiger partial charge is 0.427 e. The fourth-order valence-corrected chi connectivity index (χ4v) is 7.74. The van der Waals surface area contributed by atoms with Crippen LogP contribution < -0.4 is 28.4 Å². The first-order valence-corrected chi connectivity index (χ1v) is 20.9. The van der Waals surface area contributed by atoms with E-state index in [1.807, 2.05) is 26.8 Å². The van der Waals surface area contributed by atoms with Crippen molar-refractivity contribution in [2.24, 2.45) is 5.92 Å². The highest BCUT2D eigenvalue weighted by atomic mass is 16.6. The molecule has 1 aliphatic carbocycles. The Morgan fingerprint density at radius 3 is 1.61 bits per heavy atom. The van der Waals surface area contributed by atoms with Gasteiger partial charge in [-0.15, -0.1) is 0 Å². The number of hydrogen-bond acceptors (Lipinski definition) is 14. The molecule has 0 bridgehead atoms. The molecule has 0 saturated carbocycles. The highest BCUT2D eigenvalue weighted by Gasteiger charge is 2.44. The number of esters is 6. The number of carbonyl (C=O) groups excluding carboxylic acids is 8. The van der Waals surface area contributed by atoms with E-state index in [4.69, 9.17) is 28.4 Å². The minimum Gasteiger partial charge on any atom is -0.427 e. The van der Waals surface area contributed by atoms with Crippen LogP contribution in [0.5, 0.6) is 34.5 Å². The maximum Gasteiger partial charge on any atom is 0.308 e. The summed E-state index contributed by atoms with van der Waals surface area (Å²) >= 11 is 0. The van der Waals surface area contributed by atoms with E-state index < -0.39 is 65.1 Å². The minimum atomic E-state index is -1.18. The lowest BCUT2D eigenvalue weighted by Crippen LogP contribution is -2.33. The van der Waals surface area contributed by atoms with Crippen molar-refractivity contribution in [2.45, 2.75) is 87.0 Å². The summed E-state index contributed by atoms with van der Waals surface area (Å²) in [5, 5.41) is 0. The van der Waals surface area contributed by atoms with Crippen molar-refractivity contribution in [1.29, 1.82) is 0 Å². The Kier molecular flexibility index (Phi) is 16.2. The third-order valence-electron chi connectivity index (χ3n) is 10.2. The van der Waals surface area contributed by atoms with Gasteiger partial charge >= 0.3 is 35.8 Å². The summed E-state index contributed by atoms with van der Waals surface area (Å²) in [6, 6.07) is 18.5. The Labute approximate surface area is 382 Å². The van der Waals surface area contributed by atoms with Gasteiger partial charge in [-0.25, -0.2) is 0 Å². The Hall–Kier alpha value is -7.74. The molecule has 0 radical (unpaired) electrons. The Morgan fingerprint density at radius 2 is 1.06 bits per heavy atom. The average molecular weight is 899 g/mol. The fraction of sp³-hybridized carbons (Fsp3) is 0.269. The highest BCUT2D eigenvalue weighted by molar-refractivity contribution is 6.10. The Balaban J connectivity index is 1.82. The quantitative estimate of drug-likeness (QED) is 0.0360. The lowest BCUT2D eigenvalue weighted by atomic mass is 9.65. The van der Waals surface area contributed by atoms with Crippen LogP contribution in [0, 0.1) is 5.92 Å². The number of hydrogen-bond donors (Lipinski definition) is 0. The first-order chi connectivity index (χ1) is 31.2. The van der Waals surface area contributed by atoms with Crippen LogP contribution in [0.25, 0.3) is 6.08 Å². The van der Waals surface area contributed by atoms with Gasteiger partial charge < -0.3 is 28.4 Å². The molecular formula is C52H50O14. The zero-order chi connectivity index (χ0) is 48.4. The van der Waals surface area contributed by atoms with E-state index in [0.717, 1.165) is 18.1 Å². The summed E-state index contributed by atoms with van der Waals surface area (Å²) in [6.07, 6.45) is 6.75. The molecule has 4 aromatic rings. The van der Waals surface area contributed by atoms with Gasteiger partial charge in [0, 0.05) is 64.5 Å². The predicted molar refractivity (Wildman–Crippen MR) is 242 cm³/mol. The number of carbonyl (C=O) groups is 8. The van der Waals surface area contributed by atoms with Crippen LogP contribution in [0.1, 0.15) is 124 Å². The highest BCUT2D eigenvalue weighted by Crippen LogP contribution is 2.53. The van der Waals surface area contributed by atoms with Gasteiger partial charge in [-0.3, -0.25) is 38.4 Å². The summed E-state index contributed by atoms with van der Waals surface area (Å²) < 4.78 is 33.5. The van der Waals surface area contributed by atoms with E-state index in [1.54, 1.807) is 54.6 Å². The van der Waals surface area contributed by atoms with Gasteiger partial charge in [0.15, 0.2) is 11.6 Å². The molecule has 0 amide bonds. The van der Waals surface area contributed by atoms with Crippen molar-refractivity contribution in [3.8, 4) is 34.5 Å². The van der Waals surface area contributed by atoms with E-state index in [0.29, 0.717) is 23.3 Å². The van der Waals surface area contributed by atoms with Crippen molar-refractivity contribution >= 4 is 53.5 Å². The number of rotatable bonds is 15. The van der Waals surface area contributed by atoms with Crippen LogP contribution in [0.3, 0.4) is 0 Å². The minimum absolute atomic E-state index is 0.0275. The van der Waals surface area contributed by atoms with E-state index in [1.165, 1.54) is 71.0 Å². The molecule has 1 aliphatic rings. The summed E-state index contributed by atoms with van der Waals surface area (Å²) in [5.74, 6) is -8.11. The molecule has 0 fully saturated rings. The van der Waals surface area contributed by atoms with Gasteiger partial charge in [-0.1, -0.05) is 53.6 Å². The lowest BCUT2D eigenvalue weighted by Gasteiger charge is -2.38. The number of ether oxygens (including phenoxy) is 6. The zero-order valence-electron chi connectivity index (χ0n) is 38.1. The van der Waals surface area contributed by atoms with Crippen LogP contribution in [0.4, 0.5) is 0 Å². The molecule has 66 heavy (non-hydrogen) atoms. The van der Waals surface area contributed by atoms with Crippen LogP contribution in [-0.2, 0) is 35.2 Å². The number of allylic oxidation sites excluding steroid dienone is 5. The van der Waals surface area contributed by atoms with E-state index in [9.17, 15) is 33.6 Å². The van der Waals surface area contributed by atoms with Crippen LogP contribution in [0.15, 0.2) is 102 Å². The number of ketones is 2. The van der Waals surface area contributed by atoms with Gasteiger partial charge in [-0.05, 0) is 105 Å². The molecule has 3 unspecified atom stereocenters. The molecule has 5 rings (SSSR count). The fourth-order valence-electron chi connectivity index (χ4n) is 7.74. The Morgan fingerprint density at radius 1 is 0.561 bits per heavy atom. The van der Waals surface area contributed by atoms with E-state index >= 15 is 4.79 Å². The summed E-state index contributed by atoms with van der Waals surface area (Å²) in [7, 11) is 0. The van der Waals surface area contributed by atoms with Crippen LogP contribution in [-0.4, -0.2) is 47.4 Å². The molecule has 0 heterocycles. The van der Waals surface area contributed by atoms with E-state index in [2.05, 4.69) is 0 Å². The van der Waals surface area contributed by atoms with Crippen molar-refractivity contribution in [3.05, 3.63) is 136 Å². The van der Waals surface area contributed by atoms with Gasteiger partial charge in [0.05, 0.1) is 11.1 Å². The van der Waals surface area contributed by atoms with Crippen LogP contribution >= 0.6 is 0 Å². The molecule has 0 N–H and O–H groups in total. The monoisotopic (exact) mass is 898 g/mol. The molecule has 0 spiro atoms. The third-order valence-corrected chi connectivity index (χ3v) is 10.2. The summed E-state index contributed by atoms with van der Waals surface area (Å²) in [4.78, 5) is 104. The third kappa shape index (κ3) is 12.7. The normalized spacial score (nSPS) is 15.4. The van der Waals surface area contributed by atoms with Crippen molar-refractivity contribution < 1.29 is 66.8 Å². The second-order valence-electron chi connectivity index (χ2n) is 15.9. The average Bonchev–Trinajstić information content (AvgIpc) is 3.21. The van der Waals surface area contributed by atoms with Crippen molar-refractivity contribution in [1.82, 2.24) is 0 Å². The summed E-state index contributed by atoms with van der Waals surface area (Å²) in [6.45, 7) is 12.8. The standard InChI is InChI=1S/C52H50O14/c1-28(2)10-20-41-46(63-32(6)55)24-22-42(51(41)65-34(8)57)50(60)48-43(37-14-18-39(19-15-37)62-31(5)54)26-29(3)27-44(48)49-47(64-33(7)56)25-21-40(52(49)66-35(9)58)45(59)23-13-36-11-16-38(17-12-36)61-30(4)53/h10-19,21-25,27,43-44,48H,20,26H2,1-9H3. The Bertz CT molecular complexity index is 2680. The molecule has 4 aromatic carbocycles. The molecule has 14 heteroatoms. The van der Waals surface area contributed by atoms with Crippen molar-refractivity contribution in [2.75, 3.05) is 0 Å². The van der Waals surface area contributed by atoms with Crippen LogP contribution in [0.2, 0.25) is 0 Å². The molecule has 0 aliphatic heterocycles. The van der Waals surface area contributed by atoms with E-state index in [-0.39, 0.29) is 57.4 Å². The second-order valence-corrected chi connectivity index (χ2v) is 15.9. The smallest absolute Gasteiger partial charge is 0.308 e. The molecule has 0 saturated heterocycles. The topological polar surface area (TPSA) is 192 Å². The number of benzene rings is 4. The SMILES string of the molecule is CC(=O)Oc1ccc(C=CC(=O)c2ccc(OC(C)=O)c(C3C=C(C)CC(c4ccc(OC(C)=O)cc4)C3C(=O)c3ccc(OC(C)=O)c(CC=C(C)C)c3OC(C)=O)c2OC(C)=O)cc1. The first-order valence-electron chi connectivity index (χ1n) is 20.9. The molecule has 14 nitrogen and oxygen atoms in total. The van der Waals surface area contributed by atoms with Crippen molar-refractivity contribution in [3.63, 3.8) is 0 Å². The summed E-state index contributed by atoms with van der Waals surface area (Å²) in [5.41, 5.74) is 2.95. The van der Waals surface area contributed by atoms with Gasteiger partial charge in [0.1, 0.15) is 34.5 Å². The molecular weight excluding hydrogens is 849 g/mol. The lowest BCUT2D eigenvalue weighted by molar-refractivity contribution is -0.133. The zero-order valence-corrected chi connectivity index (χ0v) is 38.1. The molecule has 3 atom stereocenters. The second kappa shape index (κ2) is 21.8. The first kappa shape index (κ1) is 49.3. The van der Waals surface area contributed by atoms with Gasteiger partial charge in [0.2, 0.25) is 0 Å². The predicted octanol–water partition coefficient (Wildman–Crippen LogP) is 9.36. The maximum atomic E-state index is 15.8. The molecule has 342 valence electrons. The van der Waals surface area contributed by atoms with Gasteiger partial charge in [0.25, 0.3) is 0 Å². The maximum absolute atomic E-state index is 15.8. The molecule has 0 aromatic heterocycles. The van der Waals surface area contributed by atoms with Gasteiger partial charge in [-0.2, -0.15) is 0 Å². The number of Topliss-reactive ketones (excluding diaryl/α,β-unsaturated/α-hetero) is 1.